The number of hydrogen-bond acceptors (Lipinski definition) is 4. The third-order valence-electron chi connectivity index (χ3n) is 10.3. The van der Waals surface area contributed by atoms with E-state index in [1.54, 1.807) is 0 Å². The number of methoxy groups -OCH3 is 1. The van der Waals surface area contributed by atoms with E-state index < -0.39 is 0 Å². The normalized spacial score (nSPS) is 42.9. The number of likely N-dealkylation sites (tertiary alicyclic amines) is 1. The molecule has 0 amide bonds. The Labute approximate surface area is 214 Å². The van der Waals surface area contributed by atoms with Gasteiger partial charge >= 0.3 is 0 Å². The molecule has 1 spiro atoms. The van der Waals surface area contributed by atoms with Gasteiger partial charge in [0.1, 0.15) is 11.4 Å². The zero-order valence-electron chi connectivity index (χ0n) is 20.0. The van der Waals surface area contributed by atoms with Crippen LogP contribution in [0.5, 0.6) is 5.75 Å². The summed E-state index contributed by atoms with van der Waals surface area (Å²) in [5.41, 5.74) is 3.58. The van der Waals surface area contributed by atoms with Gasteiger partial charge < -0.3 is 20.1 Å². The zero-order chi connectivity index (χ0) is 21.9. The molecule has 7 atom stereocenters. The molecular formula is C28H34Cl2N2O2. The Morgan fingerprint density at radius 1 is 1.09 bits per heavy atom. The van der Waals surface area contributed by atoms with Crippen molar-refractivity contribution in [1.29, 1.82) is 0 Å². The molecule has 2 aliphatic heterocycles. The second kappa shape index (κ2) is 7.47. The fraction of sp³-hybridized carbons (Fsp3) is 0.500. The lowest BCUT2D eigenvalue weighted by atomic mass is 9.34. The number of phenolic OH excluding ortho intramolecular Hbond substituents is 1. The Morgan fingerprint density at radius 2 is 1.85 bits per heavy atom. The van der Waals surface area contributed by atoms with Crippen molar-refractivity contribution >= 4 is 24.8 Å². The molecule has 0 unspecified atom stereocenters. The molecule has 34 heavy (non-hydrogen) atoms. The van der Waals surface area contributed by atoms with Crippen molar-refractivity contribution in [1.82, 2.24) is 10.2 Å². The Kier molecular flexibility index (Phi) is 5.31. The maximum atomic E-state index is 10.6. The van der Waals surface area contributed by atoms with Crippen LogP contribution < -0.4 is 5.32 Å². The van der Waals surface area contributed by atoms with Crippen molar-refractivity contribution in [3.63, 3.8) is 0 Å². The van der Waals surface area contributed by atoms with Crippen LogP contribution >= 0.6 is 24.8 Å². The molecule has 6 heteroatoms. The van der Waals surface area contributed by atoms with E-state index in [1.807, 2.05) is 13.2 Å². The number of likely N-dealkylation sites (N-methyl/N-ethyl adjacent to an activating group) is 1. The van der Waals surface area contributed by atoms with E-state index >= 15 is 0 Å². The van der Waals surface area contributed by atoms with Gasteiger partial charge in [-0.3, -0.25) is 0 Å². The average molecular weight is 501 g/mol. The number of nitrogens with zero attached hydrogens (tertiary/aromatic N) is 1. The van der Waals surface area contributed by atoms with Gasteiger partial charge in [0.05, 0.1) is 6.04 Å². The number of aromatic hydroxyl groups is 1. The van der Waals surface area contributed by atoms with E-state index in [-0.39, 0.29) is 58.7 Å². The molecule has 0 aromatic heterocycles. The smallest absolute Gasteiger partial charge is 0.115 e. The molecule has 2 N–H and O–H groups in total. The molecule has 6 aliphatic rings. The fourth-order valence-corrected chi connectivity index (χ4v) is 9.16. The minimum Gasteiger partial charge on any atom is -0.508 e. The molecule has 182 valence electrons. The first kappa shape index (κ1) is 24.1. The van der Waals surface area contributed by atoms with Gasteiger partial charge in [-0.25, -0.2) is 0 Å². The summed E-state index contributed by atoms with van der Waals surface area (Å²) in [6.07, 6.45) is 8.15. The zero-order valence-corrected chi connectivity index (χ0v) is 21.6. The van der Waals surface area contributed by atoms with E-state index in [4.69, 9.17) is 4.74 Å². The SMILES string of the molecule is CO[C@]12C=C[C@]34C[C@@]1(C)[C@@H](c1ccccc1)N[C@H]2[C@@]31CCN(C)[C@@H]4Cc2ccc(O)cc21.Cl.Cl. The summed E-state index contributed by atoms with van der Waals surface area (Å²) in [4.78, 5) is 2.60. The van der Waals surface area contributed by atoms with E-state index in [9.17, 15) is 5.11 Å². The summed E-state index contributed by atoms with van der Waals surface area (Å²) in [7, 11) is 4.21. The number of piperidine rings is 1. The first-order chi connectivity index (χ1) is 15.4. The van der Waals surface area contributed by atoms with Crippen molar-refractivity contribution in [2.24, 2.45) is 10.8 Å². The molecule has 2 aromatic rings. The number of halogens is 2. The molecular weight excluding hydrogens is 467 g/mol. The van der Waals surface area contributed by atoms with Crippen LogP contribution in [0.25, 0.3) is 0 Å². The van der Waals surface area contributed by atoms with Crippen LogP contribution in [0.4, 0.5) is 0 Å². The third-order valence-corrected chi connectivity index (χ3v) is 10.3. The number of nitrogens with one attached hydrogen (secondary N) is 1. The quantitative estimate of drug-likeness (QED) is 0.581. The number of phenols is 1. The number of benzene rings is 2. The second-order valence-corrected chi connectivity index (χ2v) is 11.2. The maximum Gasteiger partial charge on any atom is 0.115 e. The number of fused-ring (bicyclic) bond motifs is 1. The van der Waals surface area contributed by atoms with Crippen molar-refractivity contribution < 1.29 is 9.84 Å². The molecule has 1 saturated carbocycles. The van der Waals surface area contributed by atoms with Gasteiger partial charge in [-0.1, -0.05) is 55.5 Å². The summed E-state index contributed by atoms with van der Waals surface area (Å²) < 4.78 is 6.59. The minimum atomic E-state index is -0.379. The van der Waals surface area contributed by atoms with Crippen LogP contribution in [0.1, 0.15) is 42.5 Å². The van der Waals surface area contributed by atoms with Gasteiger partial charge in [-0.15, -0.1) is 24.8 Å². The van der Waals surface area contributed by atoms with Crippen LogP contribution in [0.2, 0.25) is 0 Å². The van der Waals surface area contributed by atoms with Gasteiger partial charge in [-0.05, 0) is 61.7 Å². The fourth-order valence-electron chi connectivity index (χ4n) is 9.16. The minimum absolute atomic E-state index is 0. The highest BCUT2D eigenvalue weighted by atomic mass is 35.5. The first-order valence-corrected chi connectivity index (χ1v) is 12.0. The third kappa shape index (κ3) is 2.37. The topological polar surface area (TPSA) is 44.7 Å². The van der Waals surface area contributed by atoms with E-state index in [0.717, 1.165) is 25.8 Å². The number of ether oxygens (including phenoxy) is 1. The van der Waals surface area contributed by atoms with E-state index in [2.05, 4.69) is 78.8 Å². The summed E-state index contributed by atoms with van der Waals surface area (Å²) >= 11 is 0. The van der Waals surface area contributed by atoms with Crippen LogP contribution in [0, 0.1) is 10.8 Å². The molecule has 2 saturated heterocycles. The Morgan fingerprint density at radius 3 is 2.59 bits per heavy atom. The molecule has 3 fully saturated rings. The van der Waals surface area contributed by atoms with Gasteiger partial charge in [0.15, 0.2) is 0 Å². The summed E-state index contributed by atoms with van der Waals surface area (Å²) in [6, 6.07) is 17.9. The highest BCUT2D eigenvalue weighted by Crippen LogP contribution is 2.77. The lowest BCUT2D eigenvalue weighted by molar-refractivity contribution is -0.192. The van der Waals surface area contributed by atoms with Gasteiger partial charge in [0.25, 0.3) is 0 Å². The molecule has 4 aliphatic carbocycles. The van der Waals surface area contributed by atoms with Gasteiger partial charge in [0.2, 0.25) is 0 Å². The van der Waals surface area contributed by atoms with Crippen molar-refractivity contribution in [3.05, 3.63) is 77.4 Å². The lowest BCUT2D eigenvalue weighted by Crippen LogP contribution is -2.80. The summed E-state index contributed by atoms with van der Waals surface area (Å²) in [6.45, 7) is 3.52. The largest absolute Gasteiger partial charge is 0.508 e. The molecule has 8 rings (SSSR count). The predicted molar refractivity (Wildman–Crippen MR) is 139 cm³/mol. The summed E-state index contributed by atoms with van der Waals surface area (Å²) in [5.74, 6) is 0.378. The first-order valence-electron chi connectivity index (χ1n) is 12.0. The summed E-state index contributed by atoms with van der Waals surface area (Å²) in [5, 5.41) is 14.8. The van der Waals surface area contributed by atoms with Crippen LogP contribution in [0.3, 0.4) is 0 Å². The molecule has 4 nitrogen and oxygen atoms in total. The molecule has 6 bridgehead atoms. The highest BCUT2D eigenvalue weighted by Gasteiger charge is 2.81. The second-order valence-electron chi connectivity index (χ2n) is 11.2. The molecule has 2 heterocycles. The maximum absolute atomic E-state index is 10.6. The van der Waals surface area contributed by atoms with Crippen molar-refractivity contribution in [2.75, 3.05) is 20.7 Å². The van der Waals surface area contributed by atoms with Crippen LogP contribution in [0.15, 0.2) is 60.7 Å². The monoisotopic (exact) mass is 500 g/mol. The van der Waals surface area contributed by atoms with Crippen LogP contribution in [-0.4, -0.2) is 48.4 Å². The van der Waals surface area contributed by atoms with Gasteiger partial charge in [0, 0.05) is 35.4 Å². The van der Waals surface area contributed by atoms with Gasteiger partial charge in [-0.2, -0.15) is 0 Å². The average Bonchev–Trinajstić information content (AvgIpc) is 3.02. The standard InChI is InChI=1S/C28H32N2O2.2ClH/c1-25-17-26-11-12-28(25,32-3)24(29-23(25)18-7-5-4-6-8-18)27(26)13-14-30(2)22(26)15-19-9-10-20(31)16-21(19)27;;/h4-12,16,22-24,29,31H,13-15,17H2,1-3H3;2*1H/t22-,23-,24+,25+,26-,27+,28+;;/m1../s1. The number of hydrogen-bond donors (Lipinski definition) is 2. The molecule has 2 aromatic carbocycles. The molecule has 0 radical (unpaired) electrons. The predicted octanol–water partition coefficient (Wildman–Crippen LogP) is 4.80. The lowest BCUT2D eigenvalue weighted by Gasteiger charge is -2.73. The Balaban J connectivity index is 0.00000120. The van der Waals surface area contributed by atoms with E-state index in [0.29, 0.717) is 11.8 Å². The van der Waals surface area contributed by atoms with E-state index in [1.165, 1.54) is 16.7 Å². The van der Waals surface area contributed by atoms with Crippen molar-refractivity contribution in [3.8, 4) is 5.75 Å². The number of rotatable bonds is 2. The van der Waals surface area contributed by atoms with Crippen molar-refractivity contribution in [2.45, 2.75) is 55.3 Å². The Bertz CT molecular complexity index is 1160. The Hall–Kier alpha value is -1.56. The highest BCUT2D eigenvalue weighted by molar-refractivity contribution is 5.85. The van der Waals surface area contributed by atoms with Crippen LogP contribution in [-0.2, 0) is 16.6 Å².